The molecule has 0 amide bonds. The van der Waals surface area contributed by atoms with E-state index >= 15 is 0 Å². The molecule has 16 heavy (non-hydrogen) atoms. The molecule has 0 fully saturated rings. The Labute approximate surface area is 102 Å². The lowest BCUT2D eigenvalue weighted by molar-refractivity contribution is 0.577. The van der Waals surface area contributed by atoms with Crippen molar-refractivity contribution in [2.45, 2.75) is 33.2 Å². The van der Waals surface area contributed by atoms with E-state index in [1.165, 1.54) is 0 Å². The maximum Gasteiger partial charge on any atom is 0.151 e. The number of nitrogens with zero attached hydrogens (tertiary/aromatic N) is 1. The first kappa shape index (κ1) is 13.4. The molecule has 6 heteroatoms. The van der Waals surface area contributed by atoms with Gasteiger partial charge in [0, 0.05) is 11.4 Å². The van der Waals surface area contributed by atoms with Crippen molar-refractivity contribution in [1.29, 1.82) is 0 Å². The lowest BCUT2D eigenvalue weighted by Crippen LogP contribution is -2.15. The molecule has 0 aromatic carbocycles. The molecule has 0 spiro atoms. The van der Waals surface area contributed by atoms with Gasteiger partial charge >= 0.3 is 0 Å². The predicted molar refractivity (Wildman–Crippen MR) is 68.0 cm³/mol. The summed E-state index contributed by atoms with van der Waals surface area (Å²) in [6.45, 7) is 6.19. The van der Waals surface area contributed by atoms with Crippen molar-refractivity contribution in [1.82, 2.24) is 9.78 Å². The SMILES string of the molecule is CCS(=O)(=O)CCn1[nH]c(C(C)C)cc1=S. The van der Waals surface area contributed by atoms with Crippen LogP contribution in [0, 0.1) is 4.64 Å². The van der Waals surface area contributed by atoms with E-state index in [1.807, 2.05) is 6.07 Å². The zero-order valence-corrected chi connectivity index (χ0v) is 11.5. The zero-order valence-electron chi connectivity index (χ0n) is 9.86. The smallest absolute Gasteiger partial charge is 0.151 e. The summed E-state index contributed by atoms with van der Waals surface area (Å²) in [6.07, 6.45) is 0. The van der Waals surface area contributed by atoms with E-state index < -0.39 is 9.84 Å². The summed E-state index contributed by atoms with van der Waals surface area (Å²) in [7, 11) is -2.93. The summed E-state index contributed by atoms with van der Waals surface area (Å²) in [6, 6.07) is 1.89. The van der Waals surface area contributed by atoms with Crippen molar-refractivity contribution in [3.63, 3.8) is 0 Å². The lowest BCUT2D eigenvalue weighted by Gasteiger charge is -2.04. The minimum absolute atomic E-state index is 0.135. The second-order valence-corrected chi connectivity index (χ2v) is 6.98. The first-order valence-electron chi connectivity index (χ1n) is 5.36. The van der Waals surface area contributed by atoms with Gasteiger partial charge in [0.15, 0.2) is 9.84 Å². The highest BCUT2D eigenvalue weighted by molar-refractivity contribution is 7.91. The molecule has 1 N–H and O–H groups in total. The number of rotatable bonds is 5. The molecule has 1 aromatic heterocycles. The van der Waals surface area contributed by atoms with Gasteiger partial charge in [-0.15, -0.1) is 0 Å². The Balaban J connectivity index is 2.79. The molecule has 0 unspecified atom stereocenters. The van der Waals surface area contributed by atoms with Crippen LogP contribution in [0.5, 0.6) is 0 Å². The number of hydrogen-bond donors (Lipinski definition) is 1. The molecule has 1 heterocycles. The molecule has 1 rings (SSSR count). The van der Waals surface area contributed by atoms with Gasteiger partial charge in [0.1, 0.15) is 4.64 Å². The fourth-order valence-corrected chi connectivity index (χ4v) is 2.30. The molecule has 0 saturated heterocycles. The largest absolute Gasteiger partial charge is 0.301 e. The van der Waals surface area contributed by atoms with Crippen LogP contribution in [0.25, 0.3) is 0 Å². The highest BCUT2D eigenvalue weighted by atomic mass is 32.2. The fourth-order valence-electron chi connectivity index (χ4n) is 1.29. The third-order valence-electron chi connectivity index (χ3n) is 2.50. The standard InChI is InChI=1S/C10H18N2O2S2/c1-4-16(13,14)6-5-12-10(15)7-9(11-12)8(2)3/h7-8,11H,4-6H2,1-3H3. The van der Waals surface area contributed by atoms with Gasteiger partial charge in [-0.1, -0.05) is 33.0 Å². The number of aryl methyl sites for hydroxylation is 1. The van der Waals surface area contributed by atoms with Gasteiger partial charge in [-0.05, 0) is 12.0 Å². The van der Waals surface area contributed by atoms with E-state index in [2.05, 4.69) is 18.9 Å². The van der Waals surface area contributed by atoms with Gasteiger partial charge in [0.05, 0.1) is 12.3 Å². The van der Waals surface area contributed by atoms with Gasteiger partial charge in [-0.2, -0.15) is 0 Å². The maximum atomic E-state index is 11.4. The van der Waals surface area contributed by atoms with Crippen LogP contribution in [-0.2, 0) is 16.4 Å². The van der Waals surface area contributed by atoms with Crippen LogP contribution >= 0.6 is 12.2 Å². The third-order valence-corrected chi connectivity index (χ3v) is 4.52. The summed E-state index contributed by atoms with van der Waals surface area (Å²) >= 11 is 5.15. The van der Waals surface area contributed by atoms with E-state index in [4.69, 9.17) is 12.2 Å². The number of sulfone groups is 1. The highest BCUT2D eigenvalue weighted by Crippen LogP contribution is 2.12. The second kappa shape index (κ2) is 5.14. The predicted octanol–water partition coefficient (Wildman–Crippen LogP) is 2.10. The number of H-pyrrole nitrogens is 1. The molecule has 0 atom stereocenters. The molecular weight excluding hydrogens is 244 g/mol. The van der Waals surface area contributed by atoms with Crippen molar-refractivity contribution in [3.05, 3.63) is 16.4 Å². The van der Waals surface area contributed by atoms with Crippen molar-refractivity contribution in [2.24, 2.45) is 0 Å². The highest BCUT2D eigenvalue weighted by Gasteiger charge is 2.09. The molecule has 0 saturated carbocycles. The van der Waals surface area contributed by atoms with E-state index in [1.54, 1.807) is 11.6 Å². The minimum Gasteiger partial charge on any atom is -0.301 e. The maximum absolute atomic E-state index is 11.4. The number of aromatic amines is 1. The molecule has 0 bridgehead atoms. The quantitative estimate of drug-likeness (QED) is 0.827. The Hall–Kier alpha value is -0.620. The average molecular weight is 262 g/mol. The van der Waals surface area contributed by atoms with Crippen LogP contribution in [0.15, 0.2) is 6.07 Å². The van der Waals surface area contributed by atoms with Crippen molar-refractivity contribution in [2.75, 3.05) is 11.5 Å². The topological polar surface area (TPSA) is 54.9 Å². The Kier molecular flexibility index (Phi) is 4.32. The van der Waals surface area contributed by atoms with Crippen LogP contribution < -0.4 is 0 Å². The van der Waals surface area contributed by atoms with Crippen LogP contribution in [0.3, 0.4) is 0 Å². The van der Waals surface area contributed by atoms with Gasteiger partial charge in [-0.25, -0.2) is 8.42 Å². The van der Waals surface area contributed by atoms with Gasteiger partial charge in [0.25, 0.3) is 0 Å². The molecule has 4 nitrogen and oxygen atoms in total. The number of aromatic nitrogens is 2. The minimum atomic E-state index is -2.93. The first-order valence-corrected chi connectivity index (χ1v) is 7.59. The van der Waals surface area contributed by atoms with Crippen molar-refractivity contribution in [3.8, 4) is 0 Å². The van der Waals surface area contributed by atoms with Crippen LogP contribution in [0.2, 0.25) is 0 Å². The Morgan fingerprint density at radius 1 is 1.50 bits per heavy atom. The summed E-state index contributed by atoms with van der Waals surface area (Å²) in [4.78, 5) is 0. The molecule has 0 aliphatic carbocycles. The van der Waals surface area contributed by atoms with Crippen LogP contribution in [0.4, 0.5) is 0 Å². The lowest BCUT2D eigenvalue weighted by atomic mass is 10.1. The Morgan fingerprint density at radius 2 is 2.12 bits per heavy atom. The molecule has 92 valence electrons. The van der Waals surface area contributed by atoms with E-state index in [0.29, 0.717) is 17.1 Å². The van der Waals surface area contributed by atoms with E-state index in [0.717, 1.165) is 5.69 Å². The zero-order chi connectivity index (χ0) is 12.3. The monoisotopic (exact) mass is 262 g/mol. The van der Waals surface area contributed by atoms with Crippen LogP contribution in [0.1, 0.15) is 32.4 Å². The molecule has 0 radical (unpaired) electrons. The van der Waals surface area contributed by atoms with Crippen molar-refractivity contribution >= 4 is 22.1 Å². The fraction of sp³-hybridized carbons (Fsp3) is 0.700. The van der Waals surface area contributed by atoms with Gasteiger partial charge in [0.2, 0.25) is 0 Å². The summed E-state index contributed by atoms with van der Waals surface area (Å²) in [5, 5.41) is 3.13. The van der Waals surface area contributed by atoms with E-state index in [-0.39, 0.29) is 11.5 Å². The van der Waals surface area contributed by atoms with Crippen molar-refractivity contribution < 1.29 is 8.42 Å². The van der Waals surface area contributed by atoms with Gasteiger partial charge in [-0.3, -0.25) is 4.68 Å². The van der Waals surface area contributed by atoms with Crippen LogP contribution in [-0.4, -0.2) is 29.7 Å². The second-order valence-electron chi connectivity index (χ2n) is 4.09. The molecule has 1 aromatic rings. The van der Waals surface area contributed by atoms with E-state index in [9.17, 15) is 8.42 Å². The summed E-state index contributed by atoms with van der Waals surface area (Å²) in [5.74, 6) is 0.680. The number of nitrogens with one attached hydrogen (secondary N) is 1. The number of hydrogen-bond acceptors (Lipinski definition) is 3. The molecule has 0 aliphatic heterocycles. The Morgan fingerprint density at radius 3 is 2.56 bits per heavy atom. The molecule has 0 aliphatic rings. The Bertz CT molecular complexity index is 497. The molecular formula is C10H18N2O2S2. The normalized spacial score (nSPS) is 12.2. The van der Waals surface area contributed by atoms with Gasteiger partial charge < -0.3 is 5.10 Å². The summed E-state index contributed by atoms with van der Waals surface area (Å²) in [5.41, 5.74) is 1.04. The third kappa shape index (κ3) is 3.45. The summed E-state index contributed by atoms with van der Waals surface area (Å²) < 4.78 is 25.1. The average Bonchev–Trinajstić information content (AvgIpc) is 2.57. The first-order chi connectivity index (χ1) is 7.35.